The van der Waals surface area contributed by atoms with Gasteiger partial charge in [-0.05, 0) is 46.0 Å². The third kappa shape index (κ3) is 19.3. The van der Waals surface area contributed by atoms with Crippen LogP contribution in [-0.2, 0) is 14.3 Å². The van der Waals surface area contributed by atoms with E-state index in [1.807, 2.05) is 6.92 Å². The second-order valence-electron chi connectivity index (χ2n) is 6.85. The van der Waals surface area contributed by atoms with E-state index in [-0.39, 0.29) is 5.97 Å². The van der Waals surface area contributed by atoms with Gasteiger partial charge in [-0.3, -0.25) is 4.79 Å². The molecular weight excluding hydrogens is 312 g/mol. The topological polar surface area (TPSA) is 35.5 Å². The zero-order valence-electron chi connectivity index (χ0n) is 17.1. The largest absolute Gasteiger partial charge is 0.436 e. The number of unbranched alkanes of at least 4 members (excludes halogenated alkanes) is 11. The summed E-state index contributed by atoms with van der Waals surface area (Å²) >= 11 is 0. The molecule has 3 heteroatoms. The fourth-order valence-electron chi connectivity index (χ4n) is 2.85. The van der Waals surface area contributed by atoms with Gasteiger partial charge in [-0.2, -0.15) is 0 Å². The fraction of sp³-hybridized carbons (Fsp3) is 0.864. The van der Waals surface area contributed by atoms with Gasteiger partial charge in [-0.25, -0.2) is 0 Å². The summed E-state index contributed by atoms with van der Waals surface area (Å²) in [6.45, 7) is 6.50. The van der Waals surface area contributed by atoms with Gasteiger partial charge in [0.1, 0.15) is 0 Å². The highest BCUT2D eigenvalue weighted by atomic mass is 16.7. The normalized spacial score (nSPS) is 12.6. The van der Waals surface area contributed by atoms with Crippen LogP contribution in [0.4, 0.5) is 0 Å². The minimum absolute atomic E-state index is 0.140. The first-order valence-corrected chi connectivity index (χ1v) is 10.7. The lowest BCUT2D eigenvalue weighted by Gasteiger charge is -2.12. The van der Waals surface area contributed by atoms with Crippen molar-refractivity contribution >= 4 is 5.97 Å². The Morgan fingerprint density at radius 3 is 1.88 bits per heavy atom. The fourth-order valence-corrected chi connectivity index (χ4v) is 2.85. The molecule has 0 aliphatic carbocycles. The minimum Gasteiger partial charge on any atom is -0.436 e. The van der Waals surface area contributed by atoms with Gasteiger partial charge in [0.05, 0.1) is 0 Å². The van der Waals surface area contributed by atoms with Crippen molar-refractivity contribution in [3.8, 4) is 0 Å². The Morgan fingerprint density at radius 1 is 0.800 bits per heavy atom. The van der Waals surface area contributed by atoms with Crippen LogP contribution in [0.25, 0.3) is 0 Å². The van der Waals surface area contributed by atoms with Crippen LogP contribution in [0.3, 0.4) is 0 Å². The van der Waals surface area contributed by atoms with Gasteiger partial charge in [-0.1, -0.05) is 70.4 Å². The van der Waals surface area contributed by atoms with Crippen LogP contribution < -0.4 is 0 Å². The van der Waals surface area contributed by atoms with E-state index in [0.29, 0.717) is 13.0 Å². The predicted molar refractivity (Wildman–Crippen MR) is 107 cm³/mol. The molecule has 0 spiro atoms. The predicted octanol–water partition coefficient (Wildman–Crippen LogP) is 6.95. The molecule has 3 nitrogen and oxygen atoms in total. The van der Waals surface area contributed by atoms with Crippen molar-refractivity contribution in [2.45, 2.75) is 117 Å². The number of hydrogen-bond donors (Lipinski definition) is 0. The zero-order valence-corrected chi connectivity index (χ0v) is 17.1. The number of carbonyl (C=O) groups excluding carboxylic acids is 1. The Kier molecular flexibility index (Phi) is 18.8. The van der Waals surface area contributed by atoms with Crippen LogP contribution in [0, 0.1) is 0 Å². The van der Waals surface area contributed by atoms with Gasteiger partial charge in [0.15, 0.2) is 6.29 Å². The molecule has 25 heavy (non-hydrogen) atoms. The first-order chi connectivity index (χ1) is 12.2. The average Bonchev–Trinajstić information content (AvgIpc) is 2.58. The molecule has 0 aromatic rings. The van der Waals surface area contributed by atoms with Crippen molar-refractivity contribution in [3.05, 3.63) is 12.2 Å². The van der Waals surface area contributed by atoms with Crippen LogP contribution >= 0.6 is 0 Å². The molecule has 0 amide bonds. The van der Waals surface area contributed by atoms with E-state index < -0.39 is 6.29 Å². The maximum atomic E-state index is 11.6. The van der Waals surface area contributed by atoms with Crippen LogP contribution in [0.15, 0.2) is 12.2 Å². The Labute approximate surface area is 156 Å². The van der Waals surface area contributed by atoms with E-state index in [2.05, 4.69) is 19.1 Å². The second kappa shape index (κ2) is 19.5. The molecule has 1 unspecified atom stereocenters. The summed E-state index contributed by atoms with van der Waals surface area (Å²) in [6.07, 6.45) is 21.3. The molecule has 1 atom stereocenters. The Hall–Kier alpha value is -0.830. The molecule has 0 aliphatic rings. The van der Waals surface area contributed by atoms with Crippen LogP contribution in [0.1, 0.15) is 111 Å². The molecule has 0 N–H and O–H groups in total. The summed E-state index contributed by atoms with van der Waals surface area (Å²) in [5, 5.41) is 0. The summed E-state index contributed by atoms with van der Waals surface area (Å²) < 4.78 is 10.3. The van der Waals surface area contributed by atoms with Gasteiger partial charge in [0, 0.05) is 13.0 Å². The molecule has 0 aliphatic heterocycles. The Balaban J connectivity index is 3.25. The highest BCUT2D eigenvalue weighted by Crippen LogP contribution is 2.10. The molecule has 0 radical (unpaired) electrons. The molecule has 0 fully saturated rings. The van der Waals surface area contributed by atoms with Gasteiger partial charge in [0.2, 0.25) is 0 Å². The molecular formula is C22H42O3. The van der Waals surface area contributed by atoms with E-state index in [0.717, 1.165) is 12.8 Å². The number of ether oxygens (including phenoxy) is 2. The molecule has 0 heterocycles. The van der Waals surface area contributed by atoms with E-state index in [4.69, 9.17) is 9.47 Å². The highest BCUT2D eigenvalue weighted by molar-refractivity contribution is 5.69. The molecule has 0 rings (SSSR count). The maximum absolute atomic E-state index is 11.6. The Bertz CT molecular complexity index is 312. The number of hydrogen-bond acceptors (Lipinski definition) is 3. The lowest BCUT2D eigenvalue weighted by molar-refractivity contribution is -0.173. The van der Waals surface area contributed by atoms with Crippen molar-refractivity contribution in [1.29, 1.82) is 0 Å². The minimum atomic E-state index is -0.416. The monoisotopic (exact) mass is 354 g/mol. The van der Waals surface area contributed by atoms with Crippen LogP contribution in [-0.4, -0.2) is 18.9 Å². The van der Waals surface area contributed by atoms with Gasteiger partial charge < -0.3 is 9.47 Å². The van der Waals surface area contributed by atoms with Crippen molar-refractivity contribution in [3.63, 3.8) is 0 Å². The molecule has 0 saturated carbocycles. The van der Waals surface area contributed by atoms with E-state index in [1.165, 1.54) is 70.6 Å². The Morgan fingerprint density at radius 2 is 1.32 bits per heavy atom. The van der Waals surface area contributed by atoms with Crippen molar-refractivity contribution < 1.29 is 14.3 Å². The van der Waals surface area contributed by atoms with Crippen LogP contribution in [0.2, 0.25) is 0 Å². The number of rotatable bonds is 18. The van der Waals surface area contributed by atoms with Crippen molar-refractivity contribution in [2.24, 2.45) is 0 Å². The maximum Gasteiger partial charge on any atom is 0.308 e. The van der Waals surface area contributed by atoms with E-state index >= 15 is 0 Å². The lowest BCUT2D eigenvalue weighted by atomic mass is 10.1. The lowest BCUT2D eigenvalue weighted by Crippen LogP contribution is -2.17. The van der Waals surface area contributed by atoms with Gasteiger partial charge in [0.25, 0.3) is 0 Å². The quantitative estimate of drug-likeness (QED) is 0.116. The van der Waals surface area contributed by atoms with Gasteiger partial charge in [-0.15, -0.1) is 0 Å². The van der Waals surface area contributed by atoms with Crippen molar-refractivity contribution in [1.82, 2.24) is 0 Å². The zero-order chi connectivity index (χ0) is 18.6. The summed E-state index contributed by atoms with van der Waals surface area (Å²) in [7, 11) is 0. The molecule has 148 valence electrons. The number of esters is 1. The standard InChI is InChI=1S/C22H42O3/c1-4-6-7-8-9-10-11-12-13-14-15-16-17-18-19-20-22(23)25-21(3)24-5-2/h12-13,21H,4-11,14-20H2,1-3H3. The highest BCUT2D eigenvalue weighted by Gasteiger charge is 2.08. The molecule has 0 aromatic heterocycles. The summed E-state index contributed by atoms with van der Waals surface area (Å²) in [5.41, 5.74) is 0. The average molecular weight is 355 g/mol. The smallest absolute Gasteiger partial charge is 0.308 e. The second-order valence-corrected chi connectivity index (χ2v) is 6.85. The summed E-state index contributed by atoms with van der Waals surface area (Å²) in [4.78, 5) is 11.6. The summed E-state index contributed by atoms with van der Waals surface area (Å²) in [6, 6.07) is 0. The molecule has 0 aromatic carbocycles. The van der Waals surface area contributed by atoms with E-state index in [1.54, 1.807) is 6.92 Å². The van der Waals surface area contributed by atoms with Gasteiger partial charge >= 0.3 is 5.97 Å². The third-order valence-corrected chi connectivity index (χ3v) is 4.34. The van der Waals surface area contributed by atoms with Crippen molar-refractivity contribution in [2.75, 3.05) is 6.61 Å². The molecule has 0 bridgehead atoms. The molecule has 0 saturated heterocycles. The summed E-state index contributed by atoms with van der Waals surface area (Å²) in [5.74, 6) is -0.140. The SMILES string of the molecule is CCCCCCCCC=CCCCCCCCC(=O)OC(C)OCC. The van der Waals surface area contributed by atoms with Crippen LogP contribution in [0.5, 0.6) is 0 Å². The first kappa shape index (κ1) is 24.2. The first-order valence-electron chi connectivity index (χ1n) is 10.7. The van der Waals surface area contributed by atoms with E-state index in [9.17, 15) is 4.79 Å². The number of carbonyl (C=O) groups is 1. The third-order valence-electron chi connectivity index (χ3n) is 4.34. The number of allylic oxidation sites excluding steroid dienone is 2.